The Balaban J connectivity index is 2.96. The Kier molecular flexibility index (Phi) is 3.51. The molecular weight excluding hydrogens is 206 g/mol. The number of thiocarbonyl (C=S) groups is 1. The summed E-state index contributed by atoms with van der Waals surface area (Å²) in [7, 11) is 1.61. The summed E-state index contributed by atoms with van der Waals surface area (Å²) in [4.78, 5) is 0.676. The lowest BCUT2D eigenvalue weighted by atomic mass is 10.3. The van der Waals surface area contributed by atoms with Gasteiger partial charge in [0.25, 0.3) is 0 Å². The Morgan fingerprint density at radius 3 is 2.77 bits per heavy atom. The third kappa shape index (κ3) is 2.86. The van der Waals surface area contributed by atoms with E-state index in [1.165, 1.54) is 0 Å². The average Bonchev–Trinajstić information content (AvgIpc) is 2.08. The van der Waals surface area contributed by atoms with Crippen LogP contribution in [0, 0.1) is 0 Å². The van der Waals surface area contributed by atoms with Crippen LogP contribution < -0.4 is 10.1 Å². The molecule has 0 amide bonds. The molecule has 0 aromatic heterocycles. The second-order valence-electron chi connectivity index (χ2n) is 2.53. The van der Waals surface area contributed by atoms with Crippen LogP contribution in [0.4, 0.5) is 5.69 Å². The van der Waals surface area contributed by atoms with Gasteiger partial charge < -0.3 is 10.1 Å². The van der Waals surface area contributed by atoms with E-state index in [0.29, 0.717) is 10.0 Å². The monoisotopic (exact) mass is 215 g/mol. The first kappa shape index (κ1) is 10.3. The maximum absolute atomic E-state index is 5.92. The van der Waals surface area contributed by atoms with Crippen LogP contribution in [0.15, 0.2) is 18.2 Å². The van der Waals surface area contributed by atoms with Crippen LogP contribution in [0.5, 0.6) is 5.75 Å². The van der Waals surface area contributed by atoms with Crippen molar-refractivity contribution >= 4 is 34.5 Å². The number of rotatable bonds is 2. The first-order valence-corrected chi connectivity index (χ1v) is 4.53. The van der Waals surface area contributed by atoms with E-state index >= 15 is 0 Å². The molecule has 0 bridgehead atoms. The fourth-order valence-corrected chi connectivity index (χ4v) is 1.19. The van der Waals surface area contributed by atoms with Crippen molar-refractivity contribution in [3.63, 3.8) is 0 Å². The Bertz CT molecular complexity index is 327. The minimum absolute atomic E-state index is 0.630. The lowest BCUT2D eigenvalue weighted by Crippen LogP contribution is -2.03. The Labute approximate surface area is 87.9 Å². The van der Waals surface area contributed by atoms with Crippen molar-refractivity contribution in [3.05, 3.63) is 23.2 Å². The van der Waals surface area contributed by atoms with Gasteiger partial charge in [0.15, 0.2) is 0 Å². The van der Waals surface area contributed by atoms with E-state index in [9.17, 15) is 0 Å². The normalized spacial score (nSPS) is 9.46. The third-order valence-electron chi connectivity index (χ3n) is 1.48. The van der Waals surface area contributed by atoms with Crippen LogP contribution in [0.1, 0.15) is 6.92 Å². The first-order valence-electron chi connectivity index (χ1n) is 3.74. The highest BCUT2D eigenvalue weighted by atomic mass is 35.5. The summed E-state index contributed by atoms with van der Waals surface area (Å²) in [6.45, 7) is 1.80. The Hall–Kier alpha value is -0.800. The minimum Gasteiger partial charge on any atom is -0.497 e. The first-order chi connectivity index (χ1) is 6.13. The summed E-state index contributed by atoms with van der Waals surface area (Å²) >= 11 is 10.8. The maximum Gasteiger partial charge on any atom is 0.121 e. The van der Waals surface area contributed by atoms with Gasteiger partial charge in [-0.05, 0) is 19.1 Å². The van der Waals surface area contributed by atoms with Crippen LogP contribution in [-0.4, -0.2) is 12.1 Å². The second kappa shape index (κ2) is 4.44. The summed E-state index contributed by atoms with van der Waals surface area (Å²) in [5, 5.41) is 3.60. The molecule has 13 heavy (non-hydrogen) atoms. The predicted octanol–water partition coefficient (Wildman–Crippen LogP) is 3.11. The SMILES string of the molecule is COc1ccc(Cl)c(NC(C)=S)c1. The number of halogens is 1. The van der Waals surface area contributed by atoms with Crippen LogP contribution in [0.3, 0.4) is 0 Å². The minimum atomic E-state index is 0.630. The zero-order valence-electron chi connectivity index (χ0n) is 7.43. The summed E-state index contributed by atoms with van der Waals surface area (Å²) in [6, 6.07) is 5.37. The number of hydrogen-bond donors (Lipinski definition) is 1. The average molecular weight is 216 g/mol. The van der Waals surface area contributed by atoms with Gasteiger partial charge in [0.05, 0.1) is 22.8 Å². The lowest BCUT2D eigenvalue weighted by molar-refractivity contribution is 0.415. The van der Waals surface area contributed by atoms with Gasteiger partial charge in [0.1, 0.15) is 5.75 Å². The largest absolute Gasteiger partial charge is 0.497 e. The van der Waals surface area contributed by atoms with E-state index in [2.05, 4.69) is 5.32 Å². The van der Waals surface area contributed by atoms with Crippen LogP contribution >= 0.6 is 23.8 Å². The fourth-order valence-electron chi connectivity index (χ4n) is 0.917. The summed E-state index contributed by atoms with van der Waals surface area (Å²) in [6.07, 6.45) is 0. The van der Waals surface area contributed by atoms with E-state index in [-0.39, 0.29) is 0 Å². The molecular formula is C9H10ClNOS. The van der Waals surface area contributed by atoms with Gasteiger partial charge in [-0.25, -0.2) is 0 Å². The Morgan fingerprint density at radius 1 is 1.54 bits per heavy atom. The fraction of sp³-hybridized carbons (Fsp3) is 0.222. The van der Waals surface area contributed by atoms with E-state index in [1.54, 1.807) is 32.2 Å². The number of benzene rings is 1. The smallest absolute Gasteiger partial charge is 0.121 e. The molecule has 1 rings (SSSR count). The van der Waals surface area contributed by atoms with Crippen molar-refractivity contribution in [2.75, 3.05) is 12.4 Å². The predicted molar refractivity (Wildman–Crippen MR) is 59.9 cm³/mol. The van der Waals surface area contributed by atoms with E-state index in [1.807, 2.05) is 0 Å². The van der Waals surface area contributed by atoms with Gasteiger partial charge in [0.2, 0.25) is 0 Å². The summed E-state index contributed by atoms with van der Waals surface area (Å²) < 4.78 is 5.05. The molecule has 1 aromatic carbocycles. The van der Waals surface area contributed by atoms with Crippen molar-refractivity contribution in [2.45, 2.75) is 6.92 Å². The molecule has 0 saturated heterocycles. The molecule has 0 radical (unpaired) electrons. The van der Waals surface area contributed by atoms with Gasteiger partial charge in [-0.1, -0.05) is 23.8 Å². The molecule has 1 N–H and O–H groups in total. The molecule has 2 nitrogen and oxygen atoms in total. The van der Waals surface area contributed by atoms with Crippen molar-refractivity contribution in [1.82, 2.24) is 0 Å². The number of hydrogen-bond acceptors (Lipinski definition) is 2. The van der Waals surface area contributed by atoms with Gasteiger partial charge in [0, 0.05) is 6.07 Å². The summed E-state index contributed by atoms with van der Waals surface area (Å²) in [5.41, 5.74) is 0.772. The zero-order chi connectivity index (χ0) is 9.84. The molecule has 0 aliphatic carbocycles. The molecule has 0 atom stereocenters. The molecule has 0 fully saturated rings. The molecule has 0 unspecified atom stereocenters. The van der Waals surface area contributed by atoms with Crippen LogP contribution in [0.25, 0.3) is 0 Å². The number of nitrogens with one attached hydrogen (secondary N) is 1. The quantitative estimate of drug-likeness (QED) is 0.767. The molecule has 0 aliphatic heterocycles. The lowest BCUT2D eigenvalue weighted by Gasteiger charge is -2.08. The van der Waals surface area contributed by atoms with Crippen molar-refractivity contribution < 1.29 is 4.74 Å². The topological polar surface area (TPSA) is 21.3 Å². The van der Waals surface area contributed by atoms with Crippen molar-refractivity contribution in [3.8, 4) is 5.75 Å². The number of anilines is 1. The molecule has 0 saturated carbocycles. The van der Waals surface area contributed by atoms with Gasteiger partial charge in [-0.2, -0.15) is 0 Å². The summed E-state index contributed by atoms with van der Waals surface area (Å²) in [5.74, 6) is 0.753. The van der Waals surface area contributed by atoms with Crippen LogP contribution in [0.2, 0.25) is 5.02 Å². The molecule has 0 aliphatic rings. The van der Waals surface area contributed by atoms with Crippen molar-refractivity contribution in [1.29, 1.82) is 0 Å². The number of ether oxygens (including phenoxy) is 1. The third-order valence-corrected chi connectivity index (χ3v) is 1.92. The van der Waals surface area contributed by atoms with E-state index < -0.39 is 0 Å². The molecule has 0 heterocycles. The second-order valence-corrected chi connectivity index (χ2v) is 3.55. The van der Waals surface area contributed by atoms with Gasteiger partial charge in [-0.3, -0.25) is 0 Å². The van der Waals surface area contributed by atoms with E-state index in [0.717, 1.165) is 11.4 Å². The molecule has 70 valence electrons. The van der Waals surface area contributed by atoms with Crippen molar-refractivity contribution in [2.24, 2.45) is 0 Å². The van der Waals surface area contributed by atoms with Crippen LogP contribution in [-0.2, 0) is 0 Å². The Morgan fingerprint density at radius 2 is 2.23 bits per heavy atom. The maximum atomic E-state index is 5.92. The molecule has 4 heteroatoms. The zero-order valence-corrected chi connectivity index (χ0v) is 9.00. The van der Waals surface area contributed by atoms with Gasteiger partial charge >= 0.3 is 0 Å². The standard InChI is InChI=1S/C9H10ClNOS/c1-6(13)11-9-5-7(12-2)3-4-8(9)10/h3-5H,1-2H3,(H,11,13). The molecule has 0 spiro atoms. The highest BCUT2D eigenvalue weighted by Gasteiger charge is 2.01. The highest BCUT2D eigenvalue weighted by molar-refractivity contribution is 7.80. The van der Waals surface area contributed by atoms with E-state index in [4.69, 9.17) is 28.6 Å². The number of methoxy groups -OCH3 is 1. The molecule has 1 aromatic rings. The van der Waals surface area contributed by atoms with Gasteiger partial charge in [-0.15, -0.1) is 0 Å². The highest BCUT2D eigenvalue weighted by Crippen LogP contribution is 2.26.